The van der Waals surface area contributed by atoms with Gasteiger partial charge in [-0.15, -0.1) is 0 Å². The van der Waals surface area contributed by atoms with Crippen molar-refractivity contribution in [3.63, 3.8) is 0 Å². The van der Waals surface area contributed by atoms with Gasteiger partial charge in [-0.25, -0.2) is 0 Å². The van der Waals surface area contributed by atoms with Crippen LogP contribution in [0.1, 0.15) is 100 Å². The normalized spacial score (nSPS) is 15.0. The average Bonchev–Trinajstić information content (AvgIpc) is 3.47. The van der Waals surface area contributed by atoms with Crippen molar-refractivity contribution in [2.75, 3.05) is 0 Å². The summed E-state index contributed by atoms with van der Waals surface area (Å²) in [6, 6.07) is 26.0. The molecule has 216 valence electrons. The minimum Gasteiger partial charge on any atom is -1.00 e. The van der Waals surface area contributed by atoms with Crippen LogP contribution in [0.3, 0.4) is 0 Å². The minimum atomic E-state index is -2.30. The molecule has 0 radical (unpaired) electrons. The maximum atomic E-state index is 2.81. The Morgan fingerprint density at radius 2 is 1.20 bits per heavy atom. The van der Waals surface area contributed by atoms with Gasteiger partial charge in [-0.1, -0.05) is 0 Å². The third-order valence-electron chi connectivity index (χ3n) is 8.57. The van der Waals surface area contributed by atoms with Crippen LogP contribution in [0.25, 0.3) is 11.1 Å². The summed E-state index contributed by atoms with van der Waals surface area (Å²) < 4.78 is 5.09. The van der Waals surface area contributed by atoms with E-state index in [-0.39, 0.29) is 41.1 Å². The molecule has 3 aromatic rings. The number of halogens is 2. The number of hydrogen-bond donors (Lipinski definition) is 0. The van der Waals surface area contributed by atoms with E-state index in [1.54, 1.807) is 14.4 Å². The van der Waals surface area contributed by atoms with Crippen LogP contribution < -0.4 is 24.8 Å². The summed E-state index contributed by atoms with van der Waals surface area (Å²) in [5, 5.41) is 0. The van der Waals surface area contributed by atoms with Crippen LogP contribution in [0.4, 0.5) is 0 Å². The van der Waals surface area contributed by atoms with Crippen molar-refractivity contribution in [3.8, 4) is 11.1 Å². The van der Waals surface area contributed by atoms with Crippen molar-refractivity contribution in [2.24, 2.45) is 5.41 Å². The summed E-state index contributed by atoms with van der Waals surface area (Å²) in [6.07, 6.45) is 7.34. The summed E-state index contributed by atoms with van der Waals surface area (Å²) in [4.78, 5) is 0. The molecule has 0 aromatic heterocycles. The monoisotopic (exact) mass is 662 g/mol. The smallest absolute Gasteiger partial charge is 1.00 e. The second kappa shape index (κ2) is 12.6. The molecule has 3 aromatic carbocycles. The quantitative estimate of drug-likeness (QED) is 0.391. The summed E-state index contributed by atoms with van der Waals surface area (Å²) in [5.41, 5.74) is 12.4. The van der Waals surface area contributed by atoms with Crippen LogP contribution in [-0.2, 0) is 38.5 Å². The van der Waals surface area contributed by atoms with Gasteiger partial charge in [-0.2, -0.15) is 0 Å². The third-order valence-corrected chi connectivity index (χ3v) is 15.9. The van der Waals surface area contributed by atoms with Gasteiger partial charge in [0.05, 0.1) is 0 Å². The fourth-order valence-corrected chi connectivity index (χ4v) is 13.8. The maximum absolute atomic E-state index is 2.81. The SMILES string of the molecule is CC(C)(C)C1=CC[C](/[Zr+2](=[CH]/Cc2ccccc2)[CH]2c3ccc(C(C)(C)C)cc3-c3cc(C(C)(C)C)ccc32)=C1.[Cl-].[Cl-]. The van der Waals surface area contributed by atoms with Gasteiger partial charge in [0.25, 0.3) is 0 Å². The number of benzene rings is 3. The van der Waals surface area contributed by atoms with E-state index in [0.717, 1.165) is 12.8 Å². The molecule has 0 spiro atoms. The summed E-state index contributed by atoms with van der Waals surface area (Å²) in [6.45, 7) is 21.1. The molecule has 0 amide bonds. The summed E-state index contributed by atoms with van der Waals surface area (Å²) in [5.74, 6) is 0. The molecule has 2 aliphatic carbocycles. The molecular formula is C38H46Cl2Zr. The van der Waals surface area contributed by atoms with E-state index in [2.05, 4.69) is 145 Å². The van der Waals surface area contributed by atoms with E-state index < -0.39 is 21.3 Å². The van der Waals surface area contributed by atoms with Crippen LogP contribution in [0.2, 0.25) is 0 Å². The van der Waals surface area contributed by atoms with Crippen molar-refractivity contribution in [1.82, 2.24) is 0 Å². The number of fused-ring (bicyclic) bond motifs is 3. The van der Waals surface area contributed by atoms with Crippen molar-refractivity contribution in [1.29, 1.82) is 0 Å². The molecule has 0 bridgehead atoms. The first-order valence-electron chi connectivity index (χ1n) is 14.7. The van der Waals surface area contributed by atoms with Gasteiger partial charge in [0.1, 0.15) is 0 Å². The van der Waals surface area contributed by atoms with Gasteiger partial charge in [-0.05, 0) is 0 Å². The third kappa shape index (κ3) is 7.17. The number of hydrogen-bond acceptors (Lipinski definition) is 0. The van der Waals surface area contributed by atoms with E-state index in [9.17, 15) is 0 Å². The second-order valence-electron chi connectivity index (χ2n) is 14.7. The van der Waals surface area contributed by atoms with Crippen molar-refractivity contribution >= 4 is 3.71 Å². The average molecular weight is 665 g/mol. The van der Waals surface area contributed by atoms with Crippen molar-refractivity contribution in [2.45, 2.75) is 89.6 Å². The Morgan fingerprint density at radius 3 is 1.63 bits per heavy atom. The first-order valence-corrected chi connectivity index (χ1v) is 18.7. The van der Waals surface area contributed by atoms with E-state index in [1.165, 1.54) is 33.4 Å². The van der Waals surface area contributed by atoms with Crippen LogP contribution in [0.15, 0.2) is 87.7 Å². The van der Waals surface area contributed by atoms with E-state index in [4.69, 9.17) is 0 Å². The van der Waals surface area contributed by atoms with Gasteiger partial charge in [0.15, 0.2) is 0 Å². The Morgan fingerprint density at radius 1 is 0.683 bits per heavy atom. The van der Waals surface area contributed by atoms with Crippen LogP contribution in [0, 0.1) is 5.41 Å². The molecule has 41 heavy (non-hydrogen) atoms. The standard InChI is InChI=1S/C21H25.C9H13.C8H8.2ClH.Zr/c1-20(2,3)16-9-7-14-11-15-8-10-17(21(4,5)6)13-19(15)18(14)12-16;1-9(2,3)8-6-4-5-7-8;1-2-8-6-4-3-5-7-8;;;/h7-13H,1-6H3;6-7H,4H2,1-3H3;1,3-7H,2H2;2*1H;/q;;;;;+2/p-2. The van der Waals surface area contributed by atoms with Gasteiger partial charge < -0.3 is 24.8 Å². The minimum absolute atomic E-state index is 0. The van der Waals surface area contributed by atoms with Crippen LogP contribution >= 0.6 is 0 Å². The Labute approximate surface area is 269 Å². The molecule has 0 fully saturated rings. The Bertz CT molecular complexity index is 1420. The van der Waals surface area contributed by atoms with Crippen LogP contribution in [0.5, 0.6) is 0 Å². The zero-order chi connectivity index (χ0) is 28.2. The molecule has 0 saturated carbocycles. The van der Waals surface area contributed by atoms with Crippen LogP contribution in [-0.4, -0.2) is 3.71 Å². The summed E-state index contributed by atoms with van der Waals surface area (Å²) in [7, 11) is 0. The second-order valence-corrected chi connectivity index (χ2v) is 20.9. The van der Waals surface area contributed by atoms with Crippen molar-refractivity contribution in [3.05, 3.63) is 116 Å². The molecule has 2 aliphatic rings. The fourth-order valence-electron chi connectivity index (χ4n) is 6.04. The first-order chi connectivity index (χ1) is 18.2. The molecule has 0 aliphatic heterocycles. The molecular weight excluding hydrogens is 619 g/mol. The Kier molecular flexibility index (Phi) is 10.4. The molecule has 0 N–H and O–H groups in total. The first kappa shape index (κ1) is 34.0. The molecule has 0 heterocycles. The molecule has 5 rings (SSSR count). The van der Waals surface area contributed by atoms with E-state index >= 15 is 0 Å². The Balaban J connectivity index is 0.00000231. The van der Waals surface area contributed by atoms with E-state index in [0.29, 0.717) is 3.63 Å². The van der Waals surface area contributed by atoms with E-state index in [1.807, 2.05) is 0 Å². The number of allylic oxidation sites excluding steroid dienone is 4. The van der Waals surface area contributed by atoms with Gasteiger partial charge in [0, 0.05) is 0 Å². The molecule has 0 atom stereocenters. The topological polar surface area (TPSA) is 0 Å². The number of rotatable bonds is 4. The molecule has 0 saturated heterocycles. The van der Waals surface area contributed by atoms with Crippen molar-refractivity contribution < 1.29 is 46.1 Å². The van der Waals surface area contributed by atoms with Gasteiger partial charge >= 0.3 is 247 Å². The molecule has 0 nitrogen and oxygen atoms in total. The maximum Gasteiger partial charge on any atom is -1.00 e. The zero-order valence-corrected chi connectivity index (χ0v) is 30.3. The Hall–Kier alpha value is -1.53. The summed E-state index contributed by atoms with van der Waals surface area (Å²) >= 11 is -2.30. The van der Waals surface area contributed by atoms with Gasteiger partial charge in [-0.3, -0.25) is 0 Å². The van der Waals surface area contributed by atoms with Gasteiger partial charge in [0.2, 0.25) is 0 Å². The predicted molar refractivity (Wildman–Crippen MR) is 168 cm³/mol. The zero-order valence-electron chi connectivity index (χ0n) is 26.3. The predicted octanol–water partition coefficient (Wildman–Crippen LogP) is 4.28. The fraction of sp³-hybridized carbons (Fsp3) is 0.395. The largest absolute Gasteiger partial charge is 1.00 e. The molecule has 0 unspecified atom stereocenters. The molecule has 3 heteroatoms.